The third kappa shape index (κ3) is 4.43. The largest absolute Gasteiger partial charge is 0.455 e. The highest BCUT2D eigenvalue weighted by Gasteiger charge is 2.21. The Bertz CT molecular complexity index is 1020. The summed E-state index contributed by atoms with van der Waals surface area (Å²) in [5, 5.41) is 14.1. The van der Waals surface area contributed by atoms with Crippen LogP contribution in [-0.4, -0.2) is 10.8 Å². The van der Waals surface area contributed by atoms with E-state index in [9.17, 15) is 14.9 Å². The Kier molecular flexibility index (Phi) is 5.38. The average molecular weight is 383 g/mol. The molecule has 3 aromatic carbocycles. The lowest BCUT2D eigenvalue weighted by Gasteiger charge is -2.12. The van der Waals surface area contributed by atoms with Gasteiger partial charge in [0, 0.05) is 11.1 Å². The molecule has 0 saturated carbocycles. The lowest BCUT2D eigenvalue weighted by Crippen LogP contribution is -2.14. The van der Waals surface area contributed by atoms with Crippen LogP contribution in [0.3, 0.4) is 0 Å². The number of hydrogen-bond acceptors (Lipinski definition) is 4. The van der Waals surface area contributed by atoms with Gasteiger partial charge in [0.25, 0.3) is 11.6 Å². The van der Waals surface area contributed by atoms with Gasteiger partial charge in [-0.25, -0.2) is 0 Å². The van der Waals surface area contributed by atoms with Crippen molar-refractivity contribution >= 4 is 28.9 Å². The Labute approximate surface area is 160 Å². The Morgan fingerprint density at radius 1 is 1.07 bits per heavy atom. The highest BCUT2D eigenvalue weighted by molar-refractivity contribution is 6.31. The van der Waals surface area contributed by atoms with Gasteiger partial charge < -0.3 is 10.1 Å². The minimum absolute atomic E-state index is 0.0882. The van der Waals surface area contributed by atoms with Gasteiger partial charge in [0.15, 0.2) is 5.75 Å². The van der Waals surface area contributed by atoms with Crippen LogP contribution in [0.5, 0.6) is 11.5 Å². The Morgan fingerprint density at radius 2 is 1.85 bits per heavy atom. The van der Waals surface area contributed by atoms with Crippen LogP contribution in [-0.2, 0) is 0 Å². The summed E-state index contributed by atoms with van der Waals surface area (Å²) in [6, 6.07) is 18.2. The molecule has 0 fully saturated rings. The molecule has 0 aromatic heterocycles. The number of aryl methyl sites for hydroxylation is 1. The molecule has 3 rings (SSSR count). The van der Waals surface area contributed by atoms with Gasteiger partial charge in [0.05, 0.1) is 10.6 Å². The molecule has 0 saturated heterocycles. The molecule has 0 atom stereocenters. The monoisotopic (exact) mass is 382 g/mol. The molecule has 27 heavy (non-hydrogen) atoms. The number of nitro benzene ring substituents is 1. The Morgan fingerprint density at radius 3 is 2.59 bits per heavy atom. The van der Waals surface area contributed by atoms with Gasteiger partial charge in [0.1, 0.15) is 11.3 Å². The first kappa shape index (κ1) is 18.4. The molecule has 0 radical (unpaired) electrons. The number of rotatable bonds is 5. The zero-order valence-corrected chi connectivity index (χ0v) is 15.1. The van der Waals surface area contributed by atoms with Crippen LogP contribution in [0, 0.1) is 17.0 Å². The van der Waals surface area contributed by atoms with Crippen LogP contribution in [0.2, 0.25) is 5.02 Å². The maximum Gasteiger partial charge on any atom is 0.283 e. The summed E-state index contributed by atoms with van der Waals surface area (Å²) in [6.45, 7) is 1.94. The van der Waals surface area contributed by atoms with Gasteiger partial charge >= 0.3 is 0 Å². The average Bonchev–Trinajstić information content (AvgIpc) is 2.63. The summed E-state index contributed by atoms with van der Waals surface area (Å²) in [6.07, 6.45) is 0. The third-order valence-electron chi connectivity index (χ3n) is 3.75. The highest BCUT2D eigenvalue weighted by Crippen LogP contribution is 2.31. The minimum atomic E-state index is -0.643. The molecule has 0 aliphatic carbocycles. The first-order chi connectivity index (χ1) is 12.9. The number of carbonyl (C=O) groups is 1. The van der Waals surface area contributed by atoms with E-state index < -0.39 is 10.8 Å². The number of para-hydroxylation sites is 2. The zero-order chi connectivity index (χ0) is 19.4. The van der Waals surface area contributed by atoms with Gasteiger partial charge in [-0.1, -0.05) is 35.9 Å². The van der Waals surface area contributed by atoms with Crippen molar-refractivity contribution in [3.05, 3.63) is 93.0 Å². The second kappa shape index (κ2) is 7.88. The number of nitrogens with one attached hydrogen (secondary N) is 1. The third-order valence-corrected chi connectivity index (χ3v) is 3.99. The molecular formula is C20H15ClN2O4. The quantitative estimate of drug-likeness (QED) is 0.460. The molecule has 0 aliphatic rings. The van der Waals surface area contributed by atoms with E-state index in [1.54, 1.807) is 30.3 Å². The van der Waals surface area contributed by atoms with Crippen molar-refractivity contribution in [1.82, 2.24) is 0 Å². The van der Waals surface area contributed by atoms with Gasteiger partial charge in [-0.15, -0.1) is 0 Å². The summed E-state index contributed by atoms with van der Waals surface area (Å²) < 4.78 is 5.85. The number of amides is 1. The van der Waals surface area contributed by atoms with Crippen molar-refractivity contribution in [3.8, 4) is 11.5 Å². The fourth-order valence-electron chi connectivity index (χ4n) is 2.50. The lowest BCUT2D eigenvalue weighted by atomic mass is 10.1. The molecule has 1 amide bonds. The molecule has 6 nitrogen and oxygen atoms in total. The SMILES string of the molecule is Cc1cccc(Oc2ccccc2NC(=O)c2ccc(Cl)cc2[N+](=O)[O-])c1. The predicted octanol–water partition coefficient (Wildman–Crippen LogP) is 5.60. The molecule has 136 valence electrons. The molecule has 7 heteroatoms. The first-order valence-corrected chi connectivity index (χ1v) is 8.40. The second-order valence-corrected chi connectivity index (χ2v) is 6.22. The minimum Gasteiger partial charge on any atom is -0.455 e. The van der Waals surface area contributed by atoms with Crippen molar-refractivity contribution in [3.63, 3.8) is 0 Å². The van der Waals surface area contributed by atoms with E-state index in [1.807, 2.05) is 25.1 Å². The smallest absolute Gasteiger partial charge is 0.283 e. The van der Waals surface area contributed by atoms with Crippen molar-refractivity contribution in [2.75, 3.05) is 5.32 Å². The fourth-order valence-corrected chi connectivity index (χ4v) is 2.67. The van der Waals surface area contributed by atoms with Gasteiger partial charge in [-0.05, 0) is 48.9 Å². The summed E-state index contributed by atoms with van der Waals surface area (Å²) in [5.74, 6) is 0.417. The number of carbonyl (C=O) groups excluding carboxylic acids is 1. The van der Waals surface area contributed by atoms with E-state index in [4.69, 9.17) is 16.3 Å². The molecule has 0 spiro atoms. The highest BCUT2D eigenvalue weighted by atomic mass is 35.5. The normalized spacial score (nSPS) is 10.3. The maximum absolute atomic E-state index is 12.6. The molecule has 0 unspecified atom stereocenters. The van der Waals surface area contributed by atoms with E-state index in [0.717, 1.165) is 11.6 Å². The zero-order valence-electron chi connectivity index (χ0n) is 14.3. The number of benzene rings is 3. The topological polar surface area (TPSA) is 81.5 Å². The molecule has 0 aliphatic heterocycles. The standard InChI is InChI=1S/C20H15ClN2O4/c1-13-5-4-6-15(11-13)27-19-8-3-2-7-17(19)22-20(24)16-10-9-14(21)12-18(16)23(25)26/h2-12H,1H3,(H,22,24). The molecule has 1 N–H and O–H groups in total. The first-order valence-electron chi connectivity index (χ1n) is 8.03. The molecule has 3 aromatic rings. The van der Waals surface area contributed by atoms with E-state index in [2.05, 4.69) is 5.32 Å². The predicted molar refractivity (Wildman–Crippen MR) is 104 cm³/mol. The summed E-state index contributed by atoms with van der Waals surface area (Å²) >= 11 is 5.80. The number of nitrogens with zero attached hydrogens (tertiary/aromatic N) is 1. The molecule has 0 heterocycles. The summed E-state index contributed by atoms with van der Waals surface area (Å²) in [5.41, 5.74) is 0.978. The van der Waals surface area contributed by atoms with Gasteiger partial charge in [0.2, 0.25) is 0 Å². The number of hydrogen-bond donors (Lipinski definition) is 1. The van der Waals surface area contributed by atoms with Crippen LogP contribution in [0.15, 0.2) is 66.7 Å². The van der Waals surface area contributed by atoms with Crippen LogP contribution in [0.1, 0.15) is 15.9 Å². The number of ether oxygens (including phenoxy) is 1. The van der Waals surface area contributed by atoms with Crippen LogP contribution >= 0.6 is 11.6 Å². The number of nitro groups is 1. The Hall–Kier alpha value is -3.38. The number of halogens is 1. The van der Waals surface area contributed by atoms with E-state index >= 15 is 0 Å². The summed E-state index contributed by atoms with van der Waals surface area (Å²) in [7, 11) is 0. The van der Waals surface area contributed by atoms with Crippen molar-refractivity contribution in [2.45, 2.75) is 6.92 Å². The maximum atomic E-state index is 12.6. The van der Waals surface area contributed by atoms with E-state index in [0.29, 0.717) is 17.2 Å². The van der Waals surface area contributed by atoms with Crippen LogP contribution in [0.4, 0.5) is 11.4 Å². The van der Waals surface area contributed by atoms with Crippen molar-refractivity contribution in [2.24, 2.45) is 0 Å². The van der Waals surface area contributed by atoms with E-state index in [-0.39, 0.29) is 16.3 Å². The molecule has 0 bridgehead atoms. The van der Waals surface area contributed by atoms with Crippen molar-refractivity contribution < 1.29 is 14.5 Å². The van der Waals surface area contributed by atoms with Crippen LogP contribution < -0.4 is 10.1 Å². The van der Waals surface area contributed by atoms with Crippen LogP contribution in [0.25, 0.3) is 0 Å². The van der Waals surface area contributed by atoms with Gasteiger partial charge in [-0.2, -0.15) is 0 Å². The lowest BCUT2D eigenvalue weighted by molar-refractivity contribution is -0.385. The Balaban J connectivity index is 1.88. The van der Waals surface area contributed by atoms with E-state index in [1.165, 1.54) is 12.1 Å². The summed E-state index contributed by atoms with van der Waals surface area (Å²) in [4.78, 5) is 23.2. The van der Waals surface area contributed by atoms with Gasteiger partial charge in [-0.3, -0.25) is 14.9 Å². The number of anilines is 1. The molecular weight excluding hydrogens is 368 g/mol. The fraction of sp³-hybridized carbons (Fsp3) is 0.0500. The van der Waals surface area contributed by atoms with Crippen molar-refractivity contribution in [1.29, 1.82) is 0 Å². The second-order valence-electron chi connectivity index (χ2n) is 5.79.